The van der Waals surface area contributed by atoms with E-state index < -0.39 is 6.72 Å². The van der Waals surface area contributed by atoms with E-state index >= 15 is 0 Å². The number of carbonyl (C=O) groups is 1. The summed E-state index contributed by atoms with van der Waals surface area (Å²) in [6, 6.07) is 0. The molecule has 3 saturated carbocycles. The van der Waals surface area contributed by atoms with Crippen LogP contribution >= 0.6 is 6.72 Å². The summed E-state index contributed by atoms with van der Waals surface area (Å²) in [5.41, 5.74) is 2.37. The second-order valence-electron chi connectivity index (χ2n) is 15.4. The molecule has 0 aromatic rings. The van der Waals surface area contributed by atoms with Gasteiger partial charge in [0.15, 0.2) is 0 Å². The van der Waals surface area contributed by atoms with Gasteiger partial charge >= 0.3 is 12.8 Å². The topological polar surface area (TPSA) is 77.0 Å². The van der Waals surface area contributed by atoms with E-state index in [-0.39, 0.29) is 17.6 Å². The van der Waals surface area contributed by atoms with E-state index in [0.29, 0.717) is 18.6 Å². The van der Waals surface area contributed by atoms with E-state index in [4.69, 9.17) is 25.6 Å². The highest BCUT2D eigenvalue weighted by Gasteiger charge is 2.59. The van der Waals surface area contributed by atoms with E-state index in [9.17, 15) is 9.69 Å². The van der Waals surface area contributed by atoms with Gasteiger partial charge in [-0.25, -0.2) is 4.79 Å². The first kappa shape index (κ1) is 35.4. The van der Waals surface area contributed by atoms with E-state index in [2.05, 4.69) is 46.0 Å². The molecule has 9 atom stereocenters. The summed E-state index contributed by atoms with van der Waals surface area (Å²) in [5, 5.41) is 2.96. The van der Waals surface area contributed by atoms with Gasteiger partial charge in [0.2, 0.25) is 0 Å². The zero-order valence-corrected chi connectivity index (χ0v) is 29.8. The van der Waals surface area contributed by atoms with Crippen molar-refractivity contribution in [3.05, 3.63) is 11.6 Å². The molecular formula is C35H62NO5PS. The van der Waals surface area contributed by atoms with Crippen molar-refractivity contribution in [2.45, 2.75) is 137 Å². The number of ether oxygens (including phenoxy) is 1. The van der Waals surface area contributed by atoms with Crippen LogP contribution in [0.2, 0.25) is 0 Å². The standard InChI is InChI=1S/C35H62NO5PS/c1-25(2)12-11-13-26(3)30-16-17-31-29-15-14-27-24-28(18-20-34(27,4)32(29)19-21-35(30,31)5)41-33(37)36-22-9-7-8-10-23-40-42(38,43)39-6/h14,25-26,28-32H,7-13,15-24H2,1-6H3,(H,36,37)(H,38,43)/t26-,28?,29+,30-,31+,32+,34+,35-,42?/m1/s1. The summed E-state index contributed by atoms with van der Waals surface area (Å²) in [6.45, 7) is 10.5. The maximum atomic E-state index is 12.6. The van der Waals surface area contributed by atoms with Crippen molar-refractivity contribution in [1.29, 1.82) is 0 Å². The van der Waals surface area contributed by atoms with Gasteiger partial charge in [-0.15, -0.1) is 0 Å². The van der Waals surface area contributed by atoms with Crippen LogP contribution in [0.25, 0.3) is 0 Å². The Morgan fingerprint density at radius 2 is 1.81 bits per heavy atom. The highest BCUT2D eigenvalue weighted by atomic mass is 32.5. The third-order valence-electron chi connectivity index (χ3n) is 12.4. The molecule has 43 heavy (non-hydrogen) atoms. The molecule has 4 aliphatic carbocycles. The molecule has 4 aliphatic rings. The van der Waals surface area contributed by atoms with Crippen LogP contribution in [0.5, 0.6) is 0 Å². The van der Waals surface area contributed by atoms with Gasteiger partial charge in [-0.1, -0.05) is 78.4 Å². The average molecular weight is 640 g/mol. The second kappa shape index (κ2) is 15.4. The highest BCUT2D eigenvalue weighted by Crippen LogP contribution is 2.67. The molecule has 0 saturated heterocycles. The first-order valence-electron chi connectivity index (χ1n) is 17.6. The van der Waals surface area contributed by atoms with Gasteiger partial charge in [-0.05, 0) is 116 Å². The molecule has 1 amide bonds. The minimum atomic E-state index is -3.05. The number of rotatable bonds is 15. The minimum Gasteiger partial charge on any atom is -0.446 e. The lowest BCUT2D eigenvalue weighted by Gasteiger charge is -2.58. The molecule has 0 bridgehead atoms. The Labute approximate surface area is 268 Å². The maximum Gasteiger partial charge on any atom is 0.407 e. The van der Waals surface area contributed by atoms with Gasteiger partial charge in [0.1, 0.15) is 6.10 Å². The molecule has 0 heterocycles. The van der Waals surface area contributed by atoms with E-state index in [1.165, 1.54) is 58.5 Å². The second-order valence-corrected chi connectivity index (χ2v) is 18.3. The lowest BCUT2D eigenvalue weighted by molar-refractivity contribution is -0.0581. The Morgan fingerprint density at radius 1 is 1.05 bits per heavy atom. The Bertz CT molecular complexity index is 1000. The van der Waals surface area contributed by atoms with Crippen LogP contribution in [0.15, 0.2) is 11.6 Å². The van der Waals surface area contributed by atoms with Gasteiger partial charge in [-0.3, -0.25) is 0 Å². The van der Waals surface area contributed by atoms with Crippen LogP contribution in [0, 0.1) is 46.3 Å². The van der Waals surface area contributed by atoms with Crippen LogP contribution in [0.3, 0.4) is 0 Å². The van der Waals surface area contributed by atoms with Crippen LogP contribution < -0.4 is 5.32 Å². The van der Waals surface area contributed by atoms with Crippen molar-refractivity contribution in [3.63, 3.8) is 0 Å². The molecular weight excluding hydrogens is 577 g/mol. The van der Waals surface area contributed by atoms with Crippen LogP contribution in [-0.2, 0) is 25.6 Å². The maximum absolute atomic E-state index is 12.6. The fraction of sp³-hybridized carbons (Fsp3) is 0.914. The van der Waals surface area contributed by atoms with Crippen molar-refractivity contribution < 1.29 is 23.5 Å². The summed E-state index contributed by atoms with van der Waals surface area (Å²) < 4.78 is 15.9. The van der Waals surface area contributed by atoms with E-state index in [1.807, 2.05) is 0 Å². The normalized spacial score (nSPS) is 35.7. The zero-order chi connectivity index (χ0) is 31.3. The molecule has 248 valence electrons. The number of unbranched alkanes of at least 4 members (excludes halogenated alkanes) is 3. The fourth-order valence-corrected chi connectivity index (χ4v) is 10.6. The van der Waals surface area contributed by atoms with E-state index in [1.54, 1.807) is 5.57 Å². The largest absolute Gasteiger partial charge is 0.446 e. The van der Waals surface area contributed by atoms with Gasteiger partial charge < -0.3 is 24.0 Å². The molecule has 0 radical (unpaired) electrons. The lowest BCUT2D eigenvalue weighted by Crippen LogP contribution is -2.51. The smallest absolute Gasteiger partial charge is 0.407 e. The molecule has 0 aromatic carbocycles. The Kier molecular flexibility index (Phi) is 12.7. The molecule has 2 N–H and O–H groups in total. The summed E-state index contributed by atoms with van der Waals surface area (Å²) in [6.07, 6.45) is 20.0. The number of hydrogen-bond acceptors (Lipinski definition) is 5. The highest BCUT2D eigenvalue weighted by molar-refractivity contribution is 8.07. The third kappa shape index (κ3) is 8.67. The molecule has 6 nitrogen and oxygen atoms in total. The summed E-state index contributed by atoms with van der Waals surface area (Å²) in [7, 11) is 1.37. The minimum absolute atomic E-state index is 0.00862. The Balaban J connectivity index is 1.21. The molecule has 0 aromatic heterocycles. The molecule has 0 spiro atoms. The lowest BCUT2D eigenvalue weighted by atomic mass is 9.47. The van der Waals surface area contributed by atoms with Crippen LogP contribution in [0.4, 0.5) is 4.79 Å². The van der Waals surface area contributed by atoms with Gasteiger partial charge in [0.25, 0.3) is 0 Å². The number of carbonyl (C=O) groups excluding carboxylic acids is 1. The molecule has 8 heteroatoms. The van der Waals surface area contributed by atoms with Crippen molar-refractivity contribution >= 4 is 24.6 Å². The van der Waals surface area contributed by atoms with E-state index in [0.717, 1.165) is 80.5 Å². The van der Waals surface area contributed by atoms with Crippen molar-refractivity contribution in [2.75, 3.05) is 20.3 Å². The molecule has 3 fully saturated rings. The number of hydrogen-bond donors (Lipinski definition) is 2. The first-order chi connectivity index (χ1) is 20.4. The Hall–Kier alpha value is -0.460. The first-order valence-corrected chi connectivity index (χ1v) is 20.2. The van der Waals surface area contributed by atoms with Crippen molar-refractivity contribution in [3.8, 4) is 0 Å². The SMILES string of the molecule is COP(O)(=S)OCCCCCCNC(=O)OC1CC[C@@]2(C)C(=CC[C@H]3[C@@H]4CC[C@H]([C@H](C)CCCC(C)C)[C@@]4(C)CC[C@@H]32)C1. The average Bonchev–Trinajstić information content (AvgIpc) is 3.31. The number of fused-ring (bicyclic) bond motifs is 5. The fourth-order valence-electron chi connectivity index (χ4n) is 9.95. The number of nitrogens with one attached hydrogen (secondary N) is 1. The third-order valence-corrected chi connectivity index (χ3v) is 14.1. The van der Waals surface area contributed by atoms with Crippen molar-refractivity contribution in [1.82, 2.24) is 5.32 Å². The molecule has 2 unspecified atom stereocenters. The summed E-state index contributed by atoms with van der Waals surface area (Å²) >= 11 is 4.83. The summed E-state index contributed by atoms with van der Waals surface area (Å²) in [4.78, 5) is 22.2. The van der Waals surface area contributed by atoms with Crippen LogP contribution in [-0.4, -0.2) is 37.4 Å². The quantitative estimate of drug-likeness (QED) is 0.106. The van der Waals surface area contributed by atoms with Gasteiger partial charge in [0, 0.05) is 20.1 Å². The van der Waals surface area contributed by atoms with Gasteiger partial charge in [-0.2, -0.15) is 0 Å². The number of alkyl carbamates (subject to hydrolysis) is 1. The van der Waals surface area contributed by atoms with Crippen LogP contribution in [0.1, 0.15) is 131 Å². The molecule has 0 aliphatic heterocycles. The predicted molar refractivity (Wildman–Crippen MR) is 179 cm³/mol. The van der Waals surface area contributed by atoms with Crippen molar-refractivity contribution in [2.24, 2.45) is 46.3 Å². The number of allylic oxidation sites excluding steroid dienone is 1. The van der Waals surface area contributed by atoms with Gasteiger partial charge in [0.05, 0.1) is 6.61 Å². The number of amides is 1. The zero-order valence-electron chi connectivity index (χ0n) is 28.1. The molecule has 4 rings (SSSR count). The predicted octanol–water partition coefficient (Wildman–Crippen LogP) is 9.56. The monoisotopic (exact) mass is 639 g/mol. The Morgan fingerprint density at radius 3 is 2.56 bits per heavy atom. The summed E-state index contributed by atoms with van der Waals surface area (Å²) in [5.74, 6) is 5.07.